The molecule has 2 aromatic carbocycles. The first-order valence-corrected chi connectivity index (χ1v) is 6.82. The molecule has 0 atom stereocenters. The van der Waals surface area contributed by atoms with E-state index in [0.717, 1.165) is 0 Å². The van der Waals surface area contributed by atoms with Crippen LogP contribution in [0.3, 0.4) is 0 Å². The molecule has 1 amide bonds. The van der Waals surface area contributed by atoms with Crippen molar-refractivity contribution in [2.24, 2.45) is 0 Å². The van der Waals surface area contributed by atoms with Gasteiger partial charge in [-0.2, -0.15) is 0 Å². The zero-order chi connectivity index (χ0) is 14.7. The first-order chi connectivity index (χ1) is 9.47. The van der Waals surface area contributed by atoms with Gasteiger partial charge in [-0.05, 0) is 46.3 Å². The lowest BCUT2D eigenvalue weighted by molar-refractivity contribution is -0.115. The smallest absolute Gasteiger partial charge is 0.228 e. The number of nitrogens with one attached hydrogen (secondary N) is 1. The number of hydrogen-bond acceptors (Lipinski definition) is 1. The second-order valence-corrected chi connectivity index (χ2v) is 5.31. The highest BCUT2D eigenvalue weighted by atomic mass is 79.9. The molecular formula is C14H9BrClF2NO. The van der Waals surface area contributed by atoms with E-state index in [0.29, 0.717) is 4.47 Å². The molecule has 20 heavy (non-hydrogen) atoms. The third-order valence-electron chi connectivity index (χ3n) is 2.60. The van der Waals surface area contributed by atoms with Crippen LogP contribution in [0.4, 0.5) is 14.5 Å². The van der Waals surface area contributed by atoms with E-state index in [-0.39, 0.29) is 22.7 Å². The Morgan fingerprint density at radius 1 is 1.25 bits per heavy atom. The average Bonchev–Trinajstić information content (AvgIpc) is 2.38. The molecule has 0 heterocycles. The van der Waals surface area contributed by atoms with Crippen molar-refractivity contribution in [2.75, 3.05) is 5.32 Å². The standard InChI is InChI=1S/C14H9BrClF2NO/c15-10-5-4-8(17)6-13(10)19-14(20)7-9-11(16)2-1-3-12(9)18/h1-6H,7H2,(H,19,20). The molecule has 1 N–H and O–H groups in total. The first kappa shape index (κ1) is 14.9. The Morgan fingerprint density at radius 2 is 2.00 bits per heavy atom. The Kier molecular flexibility index (Phi) is 4.73. The first-order valence-electron chi connectivity index (χ1n) is 5.65. The van der Waals surface area contributed by atoms with E-state index in [9.17, 15) is 13.6 Å². The van der Waals surface area contributed by atoms with E-state index in [2.05, 4.69) is 21.2 Å². The van der Waals surface area contributed by atoms with E-state index in [1.54, 1.807) is 0 Å². The largest absolute Gasteiger partial charge is 0.325 e. The highest BCUT2D eigenvalue weighted by Gasteiger charge is 2.13. The van der Waals surface area contributed by atoms with Crippen LogP contribution in [0.2, 0.25) is 5.02 Å². The number of halogens is 4. The molecule has 0 bridgehead atoms. The van der Waals surface area contributed by atoms with Crippen molar-refractivity contribution >= 4 is 39.1 Å². The van der Waals surface area contributed by atoms with Gasteiger partial charge in [0.05, 0.1) is 12.1 Å². The molecule has 0 aliphatic carbocycles. The molecule has 0 spiro atoms. The maximum atomic E-state index is 13.6. The summed E-state index contributed by atoms with van der Waals surface area (Å²) in [6.07, 6.45) is -0.228. The lowest BCUT2D eigenvalue weighted by atomic mass is 10.1. The van der Waals surface area contributed by atoms with Crippen molar-refractivity contribution in [1.29, 1.82) is 0 Å². The van der Waals surface area contributed by atoms with Crippen molar-refractivity contribution < 1.29 is 13.6 Å². The van der Waals surface area contributed by atoms with Gasteiger partial charge in [-0.15, -0.1) is 0 Å². The fourth-order valence-corrected chi connectivity index (χ4v) is 2.23. The van der Waals surface area contributed by atoms with Crippen LogP contribution in [-0.4, -0.2) is 5.91 Å². The topological polar surface area (TPSA) is 29.1 Å². The quantitative estimate of drug-likeness (QED) is 0.854. The van der Waals surface area contributed by atoms with Gasteiger partial charge >= 0.3 is 0 Å². The number of benzene rings is 2. The van der Waals surface area contributed by atoms with Gasteiger partial charge in [0, 0.05) is 15.1 Å². The third kappa shape index (κ3) is 3.55. The van der Waals surface area contributed by atoms with Crippen LogP contribution in [0, 0.1) is 11.6 Å². The summed E-state index contributed by atoms with van der Waals surface area (Å²) < 4.78 is 27.2. The molecule has 0 unspecified atom stereocenters. The minimum absolute atomic E-state index is 0.110. The van der Waals surface area contributed by atoms with Gasteiger partial charge in [0.2, 0.25) is 5.91 Å². The van der Waals surface area contributed by atoms with E-state index < -0.39 is 17.5 Å². The summed E-state index contributed by atoms with van der Waals surface area (Å²) in [5, 5.41) is 2.68. The third-order valence-corrected chi connectivity index (χ3v) is 3.65. The van der Waals surface area contributed by atoms with Crippen molar-refractivity contribution in [3.05, 3.63) is 63.1 Å². The van der Waals surface area contributed by atoms with E-state index in [1.165, 1.54) is 36.4 Å². The summed E-state index contributed by atoms with van der Waals surface area (Å²) in [6, 6.07) is 8.10. The monoisotopic (exact) mass is 359 g/mol. The molecule has 0 aliphatic heterocycles. The number of carbonyl (C=O) groups is 1. The highest BCUT2D eigenvalue weighted by molar-refractivity contribution is 9.10. The Hall–Kier alpha value is -1.46. The maximum Gasteiger partial charge on any atom is 0.228 e. The molecule has 0 saturated carbocycles. The molecule has 0 aromatic heterocycles. The summed E-state index contributed by atoms with van der Waals surface area (Å²) in [5.41, 5.74) is 0.390. The molecule has 0 radical (unpaired) electrons. The molecule has 0 aliphatic rings. The van der Waals surface area contributed by atoms with Crippen LogP contribution in [-0.2, 0) is 11.2 Å². The lowest BCUT2D eigenvalue weighted by Gasteiger charge is -2.09. The van der Waals surface area contributed by atoms with Crippen LogP contribution in [0.25, 0.3) is 0 Å². The van der Waals surface area contributed by atoms with Gasteiger partial charge in [-0.1, -0.05) is 17.7 Å². The van der Waals surface area contributed by atoms with Gasteiger partial charge < -0.3 is 5.32 Å². The second kappa shape index (κ2) is 6.33. The fourth-order valence-electron chi connectivity index (χ4n) is 1.65. The molecule has 6 heteroatoms. The van der Waals surface area contributed by atoms with Gasteiger partial charge in [0.25, 0.3) is 0 Å². The minimum atomic E-state index is -0.550. The van der Waals surface area contributed by atoms with Gasteiger partial charge in [-0.25, -0.2) is 8.78 Å². The number of amides is 1. The number of hydrogen-bond donors (Lipinski definition) is 1. The Bertz CT molecular complexity index is 643. The van der Waals surface area contributed by atoms with E-state index >= 15 is 0 Å². The van der Waals surface area contributed by atoms with E-state index in [4.69, 9.17) is 11.6 Å². The SMILES string of the molecule is O=C(Cc1c(F)cccc1Cl)Nc1cc(F)ccc1Br. The highest BCUT2D eigenvalue weighted by Crippen LogP contribution is 2.24. The Balaban J connectivity index is 2.15. The van der Waals surface area contributed by atoms with Crippen LogP contribution >= 0.6 is 27.5 Å². The summed E-state index contributed by atoms with van der Waals surface area (Å²) in [4.78, 5) is 11.9. The lowest BCUT2D eigenvalue weighted by Crippen LogP contribution is -2.16. The van der Waals surface area contributed by atoms with Crippen LogP contribution < -0.4 is 5.32 Å². The number of rotatable bonds is 3. The van der Waals surface area contributed by atoms with Crippen LogP contribution in [0.5, 0.6) is 0 Å². The number of carbonyl (C=O) groups excluding carboxylic acids is 1. The van der Waals surface area contributed by atoms with Gasteiger partial charge in [0.1, 0.15) is 11.6 Å². The van der Waals surface area contributed by atoms with Crippen molar-refractivity contribution in [3.63, 3.8) is 0 Å². The summed E-state index contributed by atoms with van der Waals surface area (Å²) in [7, 11) is 0. The van der Waals surface area contributed by atoms with E-state index in [1.807, 2.05) is 0 Å². The zero-order valence-electron chi connectivity index (χ0n) is 10.1. The van der Waals surface area contributed by atoms with Crippen molar-refractivity contribution in [3.8, 4) is 0 Å². The second-order valence-electron chi connectivity index (χ2n) is 4.05. The summed E-state index contributed by atoms with van der Waals surface area (Å²) >= 11 is 9.04. The van der Waals surface area contributed by atoms with Gasteiger partial charge in [-0.3, -0.25) is 4.79 Å². The van der Waals surface area contributed by atoms with Crippen LogP contribution in [0.1, 0.15) is 5.56 Å². The Labute approximate surface area is 127 Å². The average molecular weight is 361 g/mol. The number of anilines is 1. The summed E-state index contributed by atoms with van der Waals surface area (Å²) in [5.74, 6) is -1.51. The van der Waals surface area contributed by atoms with Crippen LogP contribution in [0.15, 0.2) is 40.9 Å². The summed E-state index contributed by atoms with van der Waals surface area (Å²) in [6.45, 7) is 0. The minimum Gasteiger partial charge on any atom is -0.325 e. The Morgan fingerprint density at radius 3 is 2.70 bits per heavy atom. The molecule has 0 saturated heterocycles. The normalized spacial score (nSPS) is 10.4. The maximum absolute atomic E-state index is 13.6. The van der Waals surface area contributed by atoms with Gasteiger partial charge in [0.15, 0.2) is 0 Å². The fraction of sp³-hybridized carbons (Fsp3) is 0.0714. The molecule has 0 fully saturated rings. The predicted molar refractivity (Wildman–Crippen MR) is 77.8 cm³/mol. The predicted octanol–water partition coefficient (Wildman–Crippen LogP) is 4.56. The molecule has 2 rings (SSSR count). The van der Waals surface area contributed by atoms with Crippen molar-refractivity contribution in [1.82, 2.24) is 0 Å². The molecular weight excluding hydrogens is 352 g/mol. The molecule has 2 nitrogen and oxygen atoms in total. The van der Waals surface area contributed by atoms with Crippen molar-refractivity contribution in [2.45, 2.75) is 6.42 Å². The molecule has 2 aromatic rings. The molecule has 104 valence electrons. The zero-order valence-corrected chi connectivity index (χ0v) is 12.4.